The Balaban J connectivity index is 0.00000338. The Morgan fingerprint density at radius 3 is 2.65 bits per heavy atom. The van der Waals surface area contributed by atoms with Crippen LogP contribution < -0.4 is 10.6 Å². The van der Waals surface area contributed by atoms with Gasteiger partial charge in [-0.3, -0.25) is 9.59 Å². The number of rotatable bonds is 7. The maximum Gasteiger partial charge on any atom is 0.225 e. The molecular formula is C20H38ClN3O2. The van der Waals surface area contributed by atoms with Gasteiger partial charge in [0.25, 0.3) is 0 Å². The molecular weight excluding hydrogens is 350 g/mol. The summed E-state index contributed by atoms with van der Waals surface area (Å²) in [5.41, 5.74) is 0. The number of nitrogens with zero attached hydrogens (tertiary/aromatic N) is 1. The lowest BCUT2D eigenvalue weighted by Crippen LogP contribution is -2.47. The van der Waals surface area contributed by atoms with Gasteiger partial charge in [-0.1, -0.05) is 20.3 Å². The molecule has 0 aromatic heterocycles. The maximum atomic E-state index is 12.7. The smallest absolute Gasteiger partial charge is 0.225 e. The number of hydrogen-bond acceptors (Lipinski definition) is 3. The van der Waals surface area contributed by atoms with Crippen LogP contribution in [0, 0.1) is 17.8 Å². The summed E-state index contributed by atoms with van der Waals surface area (Å²) in [4.78, 5) is 27.1. The molecule has 0 aliphatic carbocycles. The van der Waals surface area contributed by atoms with Crippen molar-refractivity contribution < 1.29 is 9.59 Å². The van der Waals surface area contributed by atoms with Crippen LogP contribution in [0.3, 0.4) is 0 Å². The van der Waals surface area contributed by atoms with Crippen molar-refractivity contribution in [2.24, 2.45) is 17.8 Å². The Morgan fingerprint density at radius 1 is 1.23 bits per heavy atom. The summed E-state index contributed by atoms with van der Waals surface area (Å²) in [6.45, 7) is 9.95. The number of carbonyl (C=O) groups is 2. The first-order valence-electron chi connectivity index (χ1n) is 10.3. The second-order valence-electron chi connectivity index (χ2n) is 8.17. The van der Waals surface area contributed by atoms with Crippen LogP contribution in [0.2, 0.25) is 0 Å². The van der Waals surface area contributed by atoms with Crippen LogP contribution in [0.4, 0.5) is 0 Å². The maximum absolute atomic E-state index is 12.7. The number of hydrogen-bond donors (Lipinski definition) is 2. The first kappa shape index (κ1) is 23.2. The lowest BCUT2D eigenvalue weighted by atomic mass is 9.85. The Kier molecular flexibility index (Phi) is 10.6. The molecule has 6 heteroatoms. The van der Waals surface area contributed by atoms with Crippen molar-refractivity contribution in [1.82, 2.24) is 15.5 Å². The van der Waals surface area contributed by atoms with E-state index in [0.29, 0.717) is 24.8 Å². The van der Waals surface area contributed by atoms with Gasteiger partial charge < -0.3 is 15.5 Å². The second-order valence-corrected chi connectivity index (χ2v) is 8.17. The predicted molar refractivity (Wildman–Crippen MR) is 108 cm³/mol. The molecule has 0 aromatic carbocycles. The van der Waals surface area contributed by atoms with Crippen LogP contribution in [0.5, 0.6) is 0 Å². The lowest BCUT2D eigenvalue weighted by Gasteiger charge is -2.34. The Labute approximate surface area is 165 Å². The van der Waals surface area contributed by atoms with Crippen molar-refractivity contribution in [3.05, 3.63) is 0 Å². The summed E-state index contributed by atoms with van der Waals surface area (Å²) in [6, 6.07) is 0.224. The van der Waals surface area contributed by atoms with E-state index in [2.05, 4.69) is 31.4 Å². The minimum absolute atomic E-state index is 0. The van der Waals surface area contributed by atoms with Crippen LogP contribution in [-0.4, -0.2) is 48.9 Å². The Morgan fingerprint density at radius 2 is 2.00 bits per heavy atom. The van der Waals surface area contributed by atoms with E-state index >= 15 is 0 Å². The van der Waals surface area contributed by atoms with E-state index in [-0.39, 0.29) is 36.2 Å². The zero-order valence-electron chi connectivity index (χ0n) is 16.8. The van der Waals surface area contributed by atoms with Gasteiger partial charge in [-0.05, 0) is 64.0 Å². The van der Waals surface area contributed by atoms with E-state index in [4.69, 9.17) is 0 Å². The van der Waals surface area contributed by atoms with E-state index in [1.807, 2.05) is 4.90 Å². The van der Waals surface area contributed by atoms with E-state index in [0.717, 1.165) is 45.3 Å². The number of piperidine rings is 2. The molecule has 0 aromatic rings. The molecule has 0 saturated carbocycles. The Bertz CT molecular complexity index is 441. The van der Waals surface area contributed by atoms with E-state index in [1.54, 1.807) is 0 Å². The summed E-state index contributed by atoms with van der Waals surface area (Å²) in [6.07, 6.45) is 6.97. The zero-order chi connectivity index (χ0) is 18.2. The van der Waals surface area contributed by atoms with Crippen LogP contribution in [0.15, 0.2) is 0 Å². The molecule has 5 nitrogen and oxygen atoms in total. The summed E-state index contributed by atoms with van der Waals surface area (Å²) in [5, 5.41) is 6.56. The second kappa shape index (κ2) is 11.8. The van der Waals surface area contributed by atoms with Crippen molar-refractivity contribution in [2.45, 2.75) is 71.8 Å². The number of amides is 2. The molecule has 152 valence electrons. The van der Waals surface area contributed by atoms with Gasteiger partial charge in [0.05, 0.1) is 5.92 Å². The number of carbonyl (C=O) groups excluding carboxylic acids is 2. The van der Waals surface area contributed by atoms with Crippen molar-refractivity contribution >= 4 is 24.2 Å². The molecule has 0 spiro atoms. The third-order valence-corrected chi connectivity index (χ3v) is 5.89. The molecule has 26 heavy (non-hydrogen) atoms. The normalized spacial score (nSPS) is 25.7. The average Bonchev–Trinajstić information content (AvgIpc) is 2.62. The van der Waals surface area contributed by atoms with Crippen LogP contribution in [0.25, 0.3) is 0 Å². The van der Waals surface area contributed by atoms with E-state index < -0.39 is 0 Å². The molecule has 0 radical (unpaired) electrons. The standard InChI is InChI=1S/C20H37N3O2.ClH/c1-4-7-16(3)22-20(25)18-9-6-11-23(14-18)19(24)12-15(2)17-8-5-10-21-13-17;/h15-18,21H,4-14H2,1-3H3,(H,22,25);1H. The largest absolute Gasteiger partial charge is 0.353 e. The van der Waals surface area contributed by atoms with Gasteiger partial charge in [0, 0.05) is 25.6 Å². The van der Waals surface area contributed by atoms with Crippen LogP contribution >= 0.6 is 12.4 Å². The molecule has 2 N–H and O–H groups in total. The van der Waals surface area contributed by atoms with Gasteiger partial charge in [-0.15, -0.1) is 12.4 Å². The SMILES string of the molecule is CCCC(C)NC(=O)C1CCCN(C(=O)CC(C)C2CCCNC2)C1.Cl. The summed E-state index contributed by atoms with van der Waals surface area (Å²) in [7, 11) is 0. The molecule has 2 aliphatic heterocycles. The van der Waals surface area contributed by atoms with Crippen molar-refractivity contribution in [3.8, 4) is 0 Å². The lowest BCUT2D eigenvalue weighted by molar-refractivity contribution is -0.136. The number of halogens is 1. The fourth-order valence-corrected chi connectivity index (χ4v) is 4.22. The fourth-order valence-electron chi connectivity index (χ4n) is 4.22. The monoisotopic (exact) mass is 387 g/mol. The molecule has 2 saturated heterocycles. The Hall–Kier alpha value is -0.810. The molecule has 4 atom stereocenters. The molecule has 4 unspecified atom stereocenters. The van der Waals surface area contributed by atoms with Crippen LogP contribution in [-0.2, 0) is 9.59 Å². The minimum Gasteiger partial charge on any atom is -0.353 e. The van der Waals surface area contributed by atoms with Gasteiger partial charge in [0.1, 0.15) is 0 Å². The third kappa shape index (κ3) is 7.07. The highest BCUT2D eigenvalue weighted by molar-refractivity contribution is 5.85. The molecule has 2 amide bonds. The van der Waals surface area contributed by atoms with E-state index in [1.165, 1.54) is 12.8 Å². The third-order valence-electron chi connectivity index (χ3n) is 5.89. The summed E-state index contributed by atoms with van der Waals surface area (Å²) >= 11 is 0. The van der Waals surface area contributed by atoms with Gasteiger partial charge >= 0.3 is 0 Å². The highest BCUT2D eigenvalue weighted by atomic mass is 35.5. The van der Waals surface area contributed by atoms with Gasteiger partial charge in [0.15, 0.2) is 0 Å². The quantitative estimate of drug-likeness (QED) is 0.705. The first-order chi connectivity index (χ1) is 12.0. The van der Waals surface area contributed by atoms with E-state index in [9.17, 15) is 9.59 Å². The highest BCUT2D eigenvalue weighted by Crippen LogP contribution is 2.25. The molecule has 2 heterocycles. The molecule has 2 rings (SSSR count). The topological polar surface area (TPSA) is 61.4 Å². The van der Waals surface area contributed by atoms with Crippen molar-refractivity contribution in [2.75, 3.05) is 26.2 Å². The van der Waals surface area contributed by atoms with Gasteiger partial charge in [-0.2, -0.15) is 0 Å². The number of likely N-dealkylation sites (tertiary alicyclic amines) is 1. The molecule has 2 fully saturated rings. The van der Waals surface area contributed by atoms with Gasteiger partial charge in [0.2, 0.25) is 11.8 Å². The molecule has 2 aliphatic rings. The highest BCUT2D eigenvalue weighted by Gasteiger charge is 2.30. The summed E-state index contributed by atoms with van der Waals surface area (Å²) in [5.74, 6) is 1.35. The fraction of sp³-hybridized carbons (Fsp3) is 0.900. The van der Waals surface area contributed by atoms with Crippen LogP contribution in [0.1, 0.15) is 65.7 Å². The average molecular weight is 388 g/mol. The van der Waals surface area contributed by atoms with Crippen molar-refractivity contribution in [1.29, 1.82) is 0 Å². The summed E-state index contributed by atoms with van der Waals surface area (Å²) < 4.78 is 0. The zero-order valence-corrected chi connectivity index (χ0v) is 17.6. The van der Waals surface area contributed by atoms with Crippen molar-refractivity contribution in [3.63, 3.8) is 0 Å². The number of nitrogens with one attached hydrogen (secondary N) is 2. The first-order valence-corrected chi connectivity index (χ1v) is 10.3. The predicted octanol–water partition coefficient (Wildman–Crippen LogP) is 2.98. The molecule has 0 bridgehead atoms. The minimum atomic E-state index is -0.0383. The van der Waals surface area contributed by atoms with Gasteiger partial charge in [-0.25, -0.2) is 0 Å².